The second-order valence-electron chi connectivity index (χ2n) is 7.19. The van der Waals surface area contributed by atoms with E-state index in [9.17, 15) is 27.6 Å². The number of alkyl halides is 3. The lowest BCUT2D eigenvalue weighted by molar-refractivity contribution is -0.139. The summed E-state index contributed by atoms with van der Waals surface area (Å²) < 4.78 is 50.1. The first-order chi connectivity index (χ1) is 15.0. The van der Waals surface area contributed by atoms with Crippen LogP contribution in [0.25, 0.3) is 0 Å². The highest BCUT2D eigenvalue weighted by atomic mass is 19.4. The molecule has 0 bridgehead atoms. The van der Waals surface area contributed by atoms with Crippen molar-refractivity contribution in [1.29, 1.82) is 0 Å². The third-order valence-electron chi connectivity index (χ3n) is 5.02. The molecule has 9 nitrogen and oxygen atoms in total. The molecule has 12 heteroatoms. The smallest absolute Gasteiger partial charge is 0.418 e. The van der Waals surface area contributed by atoms with E-state index in [2.05, 4.69) is 0 Å². The predicted molar refractivity (Wildman–Crippen MR) is 108 cm³/mol. The van der Waals surface area contributed by atoms with E-state index in [1.807, 2.05) is 0 Å². The number of aliphatic carboxylic acids is 1. The van der Waals surface area contributed by atoms with Gasteiger partial charge in [-0.15, -0.1) is 0 Å². The molecule has 178 valence electrons. The Bertz CT molecular complexity index is 821. The molecule has 0 saturated carbocycles. The van der Waals surface area contributed by atoms with Gasteiger partial charge in [0.05, 0.1) is 32.0 Å². The number of hydrogen-bond acceptors (Lipinski definition) is 6. The summed E-state index contributed by atoms with van der Waals surface area (Å²) in [5.74, 6) is -3.62. The lowest BCUT2D eigenvalue weighted by Crippen LogP contribution is -2.43. The van der Waals surface area contributed by atoms with E-state index in [0.717, 1.165) is 13.0 Å². The fourth-order valence-corrected chi connectivity index (χ4v) is 3.14. The predicted octanol–water partition coefficient (Wildman–Crippen LogP) is 1.84. The number of anilines is 1. The minimum Gasteiger partial charge on any atom is -0.481 e. The van der Waals surface area contributed by atoms with E-state index in [1.165, 1.54) is 12.1 Å². The van der Waals surface area contributed by atoms with Crippen LogP contribution in [0.15, 0.2) is 18.2 Å². The number of urea groups is 1. The van der Waals surface area contributed by atoms with Gasteiger partial charge in [0.25, 0.3) is 0 Å². The Balaban J connectivity index is 0.000000336. The lowest BCUT2D eigenvalue weighted by Gasteiger charge is -2.31. The molecule has 2 amide bonds. The van der Waals surface area contributed by atoms with Crippen LogP contribution in [0.1, 0.15) is 22.8 Å². The molecule has 2 heterocycles. The van der Waals surface area contributed by atoms with Gasteiger partial charge < -0.3 is 30.1 Å². The fourth-order valence-electron chi connectivity index (χ4n) is 3.14. The number of carbonyl (C=O) groups is 3. The summed E-state index contributed by atoms with van der Waals surface area (Å²) in [4.78, 5) is 36.4. The van der Waals surface area contributed by atoms with Crippen LogP contribution in [0.4, 0.5) is 23.7 Å². The van der Waals surface area contributed by atoms with Crippen molar-refractivity contribution in [3.8, 4) is 0 Å². The average Bonchev–Trinajstić information content (AvgIpc) is 2.78. The molecule has 2 aliphatic heterocycles. The second kappa shape index (κ2) is 11.1. The Morgan fingerprint density at radius 1 is 1.03 bits per heavy atom. The Kier molecular flexibility index (Phi) is 8.84. The highest BCUT2D eigenvalue weighted by molar-refractivity contribution is 6.08. The first-order valence-corrected chi connectivity index (χ1v) is 9.95. The Morgan fingerprint density at radius 2 is 1.56 bits per heavy atom. The lowest BCUT2D eigenvalue weighted by atomic mass is 9.96. The highest BCUT2D eigenvalue weighted by Gasteiger charge is 2.36. The Hall–Kier alpha value is -2.86. The van der Waals surface area contributed by atoms with Crippen molar-refractivity contribution in [3.05, 3.63) is 29.3 Å². The summed E-state index contributed by atoms with van der Waals surface area (Å²) in [6.07, 6.45) is -4.64. The van der Waals surface area contributed by atoms with Crippen LogP contribution < -0.4 is 10.6 Å². The van der Waals surface area contributed by atoms with Gasteiger partial charge in [0.1, 0.15) is 5.92 Å². The quantitative estimate of drug-likeness (QED) is 0.518. The van der Waals surface area contributed by atoms with Crippen LogP contribution in [0.2, 0.25) is 0 Å². The summed E-state index contributed by atoms with van der Waals surface area (Å²) in [6, 6.07) is 2.84. The van der Waals surface area contributed by atoms with Crippen molar-refractivity contribution in [2.45, 2.75) is 13.1 Å². The summed E-state index contributed by atoms with van der Waals surface area (Å²) in [6.45, 7) is 4.94. The Morgan fingerprint density at radius 3 is 2.00 bits per heavy atom. The molecule has 0 spiro atoms. The number of ketones is 1. The van der Waals surface area contributed by atoms with E-state index in [0.29, 0.717) is 52.6 Å². The topological polar surface area (TPSA) is 122 Å². The number of hydrogen-bond donors (Lipinski definition) is 2. The summed E-state index contributed by atoms with van der Waals surface area (Å²) in [5, 5.41) is 8.84. The van der Waals surface area contributed by atoms with Gasteiger partial charge in [-0.1, -0.05) is 0 Å². The Labute approximate surface area is 182 Å². The normalized spacial score (nSPS) is 17.8. The van der Waals surface area contributed by atoms with Crippen molar-refractivity contribution >= 4 is 23.5 Å². The van der Waals surface area contributed by atoms with Crippen molar-refractivity contribution in [2.75, 3.05) is 57.5 Å². The fraction of sp³-hybridized carbons (Fsp3) is 0.550. The van der Waals surface area contributed by atoms with Crippen LogP contribution in [0, 0.1) is 5.92 Å². The third-order valence-corrected chi connectivity index (χ3v) is 5.02. The maximum absolute atomic E-state index is 13.3. The van der Waals surface area contributed by atoms with Gasteiger partial charge in [0.15, 0.2) is 5.78 Å². The van der Waals surface area contributed by atoms with Crippen molar-refractivity contribution in [2.24, 2.45) is 11.7 Å². The van der Waals surface area contributed by atoms with Crippen molar-refractivity contribution in [1.82, 2.24) is 4.90 Å². The number of amides is 2. The monoisotopic (exact) mass is 461 g/mol. The standard InChI is InChI=1S/C15H16F3NO4.C5H10N2O2/c1-9(14(21)22)13(20)10-2-3-12(11(8-10)15(16,17)18)19-4-6-23-7-5-19;6-5(8)7-1-3-9-4-2-7/h2-3,8-9H,4-7H2,1H3,(H,21,22);1-4H2,(H2,6,8). The number of halogens is 3. The second-order valence-corrected chi connectivity index (χ2v) is 7.19. The number of Topliss-reactive ketones (excluding diaryl/α,β-unsaturated/α-hetero) is 1. The van der Waals surface area contributed by atoms with E-state index in [-0.39, 0.29) is 17.3 Å². The molecule has 3 N–H and O–H groups in total. The number of rotatable bonds is 4. The van der Waals surface area contributed by atoms with Crippen LogP contribution in [0.3, 0.4) is 0 Å². The number of ether oxygens (including phenoxy) is 2. The first kappa shape index (κ1) is 25.4. The molecule has 2 fully saturated rings. The number of morpholine rings is 2. The summed E-state index contributed by atoms with van der Waals surface area (Å²) >= 11 is 0. The van der Waals surface area contributed by atoms with Crippen LogP contribution in [0.5, 0.6) is 0 Å². The first-order valence-electron chi connectivity index (χ1n) is 9.95. The molecule has 3 rings (SSSR count). The van der Waals surface area contributed by atoms with Crippen molar-refractivity contribution < 1.29 is 42.1 Å². The van der Waals surface area contributed by atoms with Gasteiger partial charge in [-0.05, 0) is 25.1 Å². The van der Waals surface area contributed by atoms with Crippen LogP contribution in [-0.4, -0.2) is 80.4 Å². The van der Waals surface area contributed by atoms with Crippen molar-refractivity contribution in [3.63, 3.8) is 0 Å². The van der Waals surface area contributed by atoms with E-state index < -0.39 is 29.4 Å². The van der Waals surface area contributed by atoms with Gasteiger partial charge in [-0.2, -0.15) is 13.2 Å². The maximum Gasteiger partial charge on any atom is 0.418 e. The van der Waals surface area contributed by atoms with E-state index >= 15 is 0 Å². The molecular formula is C20H26F3N3O6. The molecule has 2 aliphatic rings. The largest absolute Gasteiger partial charge is 0.481 e. The zero-order chi connectivity index (χ0) is 23.9. The van der Waals surface area contributed by atoms with Gasteiger partial charge in [-0.25, -0.2) is 4.79 Å². The van der Waals surface area contributed by atoms with Gasteiger partial charge in [0.2, 0.25) is 0 Å². The van der Waals surface area contributed by atoms with E-state index in [4.69, 9.17) is 20.3 Å². The number of primary amides is 1. The van der Waals surface area contributed by atoms with E-state index in [1.54, 1.807) is 9.80 Å². The molecule has 2 saturated heterocycles. The summed E-state index contributed by atoms with van der Waals surface area (Å²) in [7, 11) is 0. The zero-order valence-electron chi connectivity index (χ0n) is 17.6. The minimum absolute atomic E-state index is 0.0275. The number of nitrogens with two attached hydrogens (primary N) is 1. The molecule has 1 unspecified atom stereocenters. The number of carboxylic acids is 1. The van der Waals surface area contributed by atoms with Crippen LogP contribution in [-0.2, 0) is 20.4 Å². The number of benzene rings is 1. The molecule has 1 aromatic rings. The van der Waals surface area contributed by atoms with Gasteiger partial charge in [0, 0.05) is 37.4 Å². The third kappa shape index (κ3) is 6.82. The molecule has 0 aliphatic carbocycles. The molecule has 0 aromatic heterocycles. The summed E-state index contributed by atoms with van der Waals surface area (Å²) in [5.41, 5.74) is 3.77. The SMILES string of the molecule is CC(C(=O)O)C(=O)c1ccc(N2CCOCC2)c(C(F)(F)F)c1.NC(=O)N1CCOCC1. The van der Waals surface area contributed by atoms with Gasteiger partial charge in [-0.3, -0.25) is 9.59 Å². The minimum atomic E-state index is -4.64. The van der Waals surface area contributed by atoms with Gasteiger partial charge >= 0.3 is 18.2 Å². The highest BCUT2D eigenvalue weighted by Crippen LogP contribution is 2.38. The molecule has 0 radical (unpaired) electrons. The average molecular weight is 461 g/mol. The molecule has 1 atom stereocenters. The molecule has 1 aromatic carbocycles. The zero-order valence-corrected chi connectivity index (χ0v) is 17.6. The molecular weight excluding hydrogens is 435 g/mol. The number of nitrogens with zero attached hydrogens (tertiary/aromatic N) is 2. The van der Waals surface area contributed by atoms with Crippen LogP contribution >= 0.6 is 0 Å². The number of carbonyl (C=O) groups excluding carboxylic acids is 2. The number of carboxylic acid groups (broad SMARTS) is 1. The molecule has 32 heavy (non-hydrogen) atoms. The maximum atomic E-state index is 13.3.